The van der Waals surface area contributed by atoms with Crippen LogP contribution in [0.5, 0.6) is 5.75 Å². The fourth-order valence-electron chi connectivity index (χ4n) is 2.89. The number of aromatic hydroxyl groups is 1. The van der Waals surface area contributed by atoms with E-state index in [1.165, 1.54) is 11.1 Å². The van der Waals surface area contributed by atoms with Crippen LogP contribution in [0.2, 0.25) is 0 Å². The predicted molar refractivity (Wildman–Crippen MR) is 71.3 cm³/mol. The zero-order valence-corrected chi connectivity index (χ0v) is 10.7. The summed E-state index contributed by atoms with van der Waals surface area (Å²) in [6.07, 6.45) is 2.05. The number of nitrogens with one attached hydrogen (secondary N) is 1. The summed E-state index contributed by atoms with van der Waals surface area (Å²) in [7, 11) is 1.96. The average Bonchev–Trinajstić information content (AvgIpc) is 2.80. The monoisotopic (exact) mass is 250 g/mol. The molecule has 1 aromatic carbocycles. The van der Waals surface area contributed by atoms with Crippen molar-refractivity contribution in [3.05, 3.63) is 23.4 Å². The Morgan fingerprint density at radius 2 is 2.35 bits per heavy atom. The molecule has 17 heavy (non-hydrogen) atoms. The van der Waals surface area contributed by atoms with Crippen LogP contribution < -0.4 is 5.32 Å². The first kappa shape index (κ1) is 10.8. The number of nitrogens with zero attached hydrogens (tertiary/aromatic N) is 1. The summed E-state index contributed by atoms with van der Waals surface area (Å²) >= 11 is 6.03. The van der Waals surface area contributed by atoms with Crippen LogP contribution >= 0.6 is 11.6 Å². The van der Waals surface area contributed by atoms with Gasteiger partial charge in [-0.25, -0.2) is 0 Å². The zero-order valence-electron chi connectivity index (χ0n) is 9.92. The average molecular weight is 251 g/mol. The van der Waals surface area contributed by atoms with Crippen LogP contribution in [0.1, 0.15) is 17.0 Å². The van der Waals surface area contributed by atoms with Gasteiger partial charge in [0, 0.05) is 48.7 Å². The van der Waals surface area contributed by atoms with Gasteiger partial charge >= 0.3 is 0 Å². The third kappa shape index (κ3) is 1.35. The predicted octanol–water partition coefficient (Wildman–Crippen LogP) is 2.94. The van der Waals surface area contributed by atoms with Crippen LogP contribution in [0, 0.1) is 6.92 Å². The third-order valence-electron chi connectivity index (χ3n) is 3.59. The molecular weight excluding hydrogens is 236 g/mol. The van der Waals surface area contributed by atoms with Crippen molar-refractivity contribution in [2.24, 2.45) is 7.05 Å². The fourth-order valence-corrected chi connectivity index (χ4v) is 3.15. The van der Waals surface area contributed by atoms with Crippen LogP contribution in [0.25, 0.3) is 10.9 Å². The Labute approximate surface area is 105 Å². The minimum atomic E-state index is 0.330. The molecule has 0 aliphatic carbocycles. The first-order valence-corrected chi connectivity index (χ1v) is 6.28. The van der Waals surface area contributed by atoms with Gasteiger partial charge in [0.1, 0.15) is 5.75 Å². The van der Waals surface area contributed by atoms with E-state index >= 15 is 0 Å². The maximum Gasteiger partial charge on any atom is 0.141 e. The number of phenolic OH excluding ortho intramolecular Hbond substituents is 1. The molecule has 1 atom stereocenters. The molecule has 2 N–H and O–H groups in total. The van der Waals surface area contributed by atoms with E-state index in [0.29, 0.717) is 17.5 Å². The van der Waals surface area contributed by atoms with Gasteiger partial charge in [-0.15, -0.1) is 11.6 Å². The number of alkyl halides is 1. The second-order valence-corrected chi connectivity index (χ2v) is 5.04. The Bertz CT molecular complexity index is 603. The lowest BCUT2D eigenvalue weighted by molar-refractivity contribution is 0.479. The molecule has 0 amide bonds. The summed E-state index contributed by atoms with van der Waals surface area (Å²) in [6.45, 7) is 2.93. The largest absolute Gasteiger partial charge is 0.506 e. The summed E-state index contributed by atoms with van der Waals surface area (Å²) in [5, 5.41) is 14.6. The molecule has 0 unspecified atom stereocenters. The van der Waals surface area contributed by atoms with Gasteiger partial charge in [-0.3, -0.25) is 0 Å². The Morgan fingerprint density at radius 1 is 1.59 bits per heavy atom. The van der Waals surface area contributed by atoms with Crippen LogP contribution in [-0.4, -0.2) is 22.1 Å². The molecule has 3 rings (SSSR count). The number of hydrogen-bond acceptors (Lipinski definition) is 2. The summed E-state index contributed by atoms with van der Waals surface area (Å²) in [4.78, 5) is 0. The number of anilines is 1. The smallest absolute Gasteiger partial charge is 0.141 e. The molecule has 0 bridgehead atoms. The molecular formula is C13H15ClN2O. The van der Waals surface area contributed by atoms with Crippen molar-refractivity contribution in [1.29, 1.82) is 0 Å². The SMILES string of the molecule is Cc1cn(C)c2c(O)cc3c(c12)[C@H](CCl)CN3. The molecule has 1 aliphatic rings. The Kier molecular flexibility index (Phi) is 2.26. The van der Waals surface area contributed by atoms with Crippen molar-refractivity contribution >= 4 is 28.2 Å². The first-order valence-electron chi connectivity index (χ1n) is 5.74. The number of aromatic nitrogens is 1. The van der Waals surface area contributed by atoms with E-state index < -0.39 is 0 Å². The van der Waals surface area contributed by atoms with Crippen molar-refractivity contribution in [1.82, 2.24) is 4.57 Å². The van der Waals surface area contributed by atoms with Gasteiger partial charge in [0.05, 0.1) is 5.52 Å². The van der Waals surface area contributed by atoms with Crippen molar-refractivity contribution < 1.29 is 5.11 Å². The molecule has 0 radical (unpaired) electrons. The van der Waals surface area contributed by atoms with Crippen LogP contribution in [-0.2, 0) is 7.05 Å². The number of fused-ring (bicyclic) bond motifs is 3. The van der Waals surface area contributed by atoms with E-state index in [0.717, 1.165) is 23.1 Å². The maximum atomic E-state index is 10.1. The minimum absolute atomic E-state index is 0.330. The summed E-state index contributed by atoms with van der Waals surface area (Å²) in [6, 6.07) is 1.81. The third-order valence-corrected chi connectivity index (χ3v) is 3.96. The second kappa shape index (κ2) is 3.57. The van der Waals surface area contributed by atoms with Gasteiger partial charge in [0.25, 0.3) is 0 Å². The van der Waals surface area contributed by atoms with Gasteiger partial charge in [-0.1, -0.05) is 0 Å². The van der Waals surface area contributed by atoms with E-state index in [1.54, 1.807) is 0 Å². The van der Waals surface area contributed by atoms with Gasteiger partial charge in [0.2, 0.25) is 0 Å². The van der Waals surface area contributed by atoms with Gasteiger partial charge in [-0.2, -0.15) is 0 Å². The lowest BCUT2D eigenvalue weighted by Crippen LogP contribution is -2.03. The number of halogens is 1. The van der Waals surface area contributed by atoms with E-state index in [9.17, 15) is 5.11 Å². The zero-order chi connectivity index (χ0) is 12.2. The van der Waals surface area contributed by atoms with Crippen molar-refractivity contribution in [2.45, 2.75) is 12.8 Å². The van der Waals surface area contributed by atoms with E-state index in [1.807, 2.05) is 23.9 Å². The summed E-state index contributed by atoms with van der Waals surface area (Å²) in [5.41, 5.74) is 4.37. The summed E-state index contributed by atoms with van der Waals surface area (Å²) < 4.78 is 1.98. The lowest BCUT2D eigenvalue weighted by atomic mass is 9.97. The van der Waals surface area contributed by atoms with Gasteiger partial charge in [0.15, 0.2) is 0 Å². The Balaban J connectivity index is 2.44. The fraction of sp³-hybridized carbons (Fsp3) is 0.385. The molecule has 0 fully saturated rings. The Hall–Kier alpha value is -1.35. The molecule has 1 aliphatic heterocycles. The highest BCUT2D eigenvalue weighted by Gasteiger charge is 2.27. The topological polar surface area (TPSA) is 37.2 Å². The molecule has 90 valence electrons. The summed E-state index contributed by atoms with van der Waals surface area (Å²) in [5.74, 6) is 1.27. The van der Waals surface area contributed by atoms with Gasteiger partial charge in [-0.05, 0) is 18.1 Å². The highest BCUT2D eigenvalue weighted by Crippen LogP contribution is 2.43. The van der Waals surface area contributed by atoms with Crippen molar-refractivity contribution in [3.8, 4) is 5.75 Å². The molecule has 1 aromatic heterocycles. The highest BCUT2D eigenvalue weighted by molar-refractivity contribution is 6.18. The molecule has 0 spiro atoms. The Morgan fingerprint density at radius 3 is 3.06 bits per heavy atom. The van der Waals surface area contributed by atoms with Gasteiger partial charge < -0.3 is 15.0 Å². The number of phenols is 1. The number of hydrogen-bond donors (Lipinski definition) is 2. The molecule has 0 saturated heterocycles. The maximum absolute atomic E-state index is 10.1. The lowest BCUT2D eigenvalue weighted by Gasteiger charge is -2.10. The normalized spacial score (nSPS) is 18.4. The van der Waals surface area contributed by atoms with E-state index in [2.05, 4.69) is 12.2 Å². The number of aryl methyl sites for hydroxylation is 2. The molecule has 2 heterocycles. The van der Waals surface area contributed by atoms with Crippen LogP contribution in [0.3, 0.4) is 0 Å². The molecule has 3 nitrogen and oxygen atoms in total. The van der Waals surface area contributed by atoms with Crippen LogP contribution in [0.4, 0.5) is 5.69 Å². The van der Waals surface area contributed by atoms with E-state index in [4.69, 9.17) is 11.6 Å². The van der Waals surface area contributed by atoms with E-state index in [-0.39, 0.29) is 0 Å². The number of benzene rings is 1. The number of rotatable bonds is 1. The second-order valence-electron chi connectivity index (χ2n) is 4.74. The van der Waals surface area contributed by atoms with Crippen molar-refractivity contribution in [3.63, 3.8) is 0 Å². The molecule has 2 aromatic rings. The molecule has 4 heteroatoms. The quantitative estimate of drug-likeness (QED) is 0.764. The molecule has 0 saturated carbocycles. The minimum Gasteiger partial charge on any atom is -0.506 e. The van der Waals surface area contributed by atoms with Crippen molar-refractivity contribution in [2.75, 3.05) is 17.7 Å². The first-order chi connectivity index (χ1) is 8.13. The van der Waals surface area contributed by atoms with Crippen LogP contribution in [0.15, 0.2) is 12.3 Å². The standard InChI is InChI=1S/C13H15ClN2O/c1-7-6-16(2)13-10(17)3-9-12(11(7)13)8(4-14)5-15-9/h3,6,8,15,17H,4-5H2,1-2H3/t8-/m1/s1. The highest BCUT2D eigenvalue weighted by atomic mass is 35.5.